The zero-order valence-electron chi connectivity index (χ0n) is 9.56. The Hall–Kier alpha value is -1.35. The summed E-state index contributed by atoms with van der Waals surface area (Å²) in [6.45, 7) is 1.37. The third kappa shape index (κ3) is 2.61. The predicted octanol–water partition coefficient (Wildman–Crippen LogP) is 1.82. The van der Waals surface area contributed by atoms with E-state index in [1.54, 1.807) is 0 Å². The van der Waals surface area contributed by atoms with Gasteiger partial charge in [0.15, 0.2) is 0 Å². The number of likely N-dealkylation sites (N-methyl/N-ethyl adjacent to an activating group) is 1. The van der Waals surface area contributed by atoms with Gasteiger partial charge >= 0.3 is 5.97 Å². The minimum Gasteiger partial charge on any atom is -0.460 e. The van der Waals surface area contributed by atoms with Gasteiger partial charge in [-0.3, -0.25) is 9.69 Å². The number of carbonyl (C=O) groups excluding carboxylic acids is 1. The van der Waals surface area contributed by atoms with Crippen molar-refractivity contribution in [2.45, 2.75) is 25.5 Å². The first-order valence-corrected chi connectivity index (χ1v) is 5.68. The Morgan fingerprint density at radius 3 is 2.81 bits per heavy atom. The minimum absolute atomic E-state index is 0.0382. The highest BCUT2D eigenvalue weighted by molar-refractivity contribution is 5.76. The van der Waals surface area contributed by atoms with Crippen LogP contribution in [-0.4, -0.2) is 30.5 Å². The summed E-state index contributed by atoms with van der Waals surface area (Å²) in [5.41, 5.74) is 1.04. The first kappa shape index (κ1) is 11.1. The van der Waals surface area contributed by atoms with Crippen LogP contribution < -0.4 is 0 Å². The molecule has 1 aromatic rings. The quantitative estimate of drug-likeness (QED) is 0.726. The molecule has 0 bridgehead atoms. The van der Waals surface area contributed by atoms with E-state index in [0.29, 0.717) is 6.61 Å². The van der Waals surface area contributed by atoms with Gasteiger partial charge in [-0.2, -0.15) is 0 Å². The number of esters is 1. The molecule has 1 saturated heterocycles. The van der Waals surface area contributed by atoms with Crippen LogP contribution >= 0.6 is 0 Å². The molecular formula is C13H17NO2. The molecule has 1 aromatic carbocycles. The highest BCUT2D eigenvalue weighted by Gasteiger charge is 2.28. The van der Waals surface area contributed by atoms with Gasteiger partial charge in [0.2, 0.25) is 0 Å². The first-order chi connectivity index (χ1) is 7.77. The zero-order valence-corrected chi connectivity index (χ0v) is 9.56. The van der Waals surface area contributed by atoms with Crippen LogP contribution in [-0.2, 0) is 16.1 Å². The van der Waals surface area contributed by atoms with Crippen LogP contribution in [0.5, 0.6) is 0 Å². The van der Waals surface area contributed by atoms with Crippen molar-refractivity contribution in [2.24, 2.45) is 0 Å². The molecule has 1 atom stereocenters. The molecule has 1 aliphatic heterocycles. The van der Waals surface area contributed by atoms with E-state index in [4.69, 9.17) is 4.74 Å². The number of likely N-dealkylation sites (tertiary alicyclic amines) is 1. The molecule has 0 aromatic heterocycles. The molecular weight excluding hydrogens is 202 g/mol. The van der Waals surface area contributed by atoms with E-state index in [1.807, 2.05) is 37.4 Å². The maximum absolute atomic E-state index is 11.8. The molecule has 0 aliphatic carbocycles. The fourth-order valence-electron chi connectivity index (χ4n) is 2.03. The van der Waals surface area contributed by atoms with Gasteiger partial charge in [0.1, 0.15) is 12.6 Å². The van der Waals surface area contributed by atoms with Gasteiger partial charge in [-0.1, -0.05) is 30.3 Å². The van der Waals surface area contributed by atoms with E-state index < -0.39 is 0 Å². The smallest absolute Gasteiger partial charge is 0.323 e. The van der Waals surface area contributed by atoms with Crippen molar-refractivity contribution in [3.8, 4) is 0 Å². The fraction of sp³-hybridized carbons (Fsp3) is 0.462. The van der Waals surface area contributed by atoms with E-state index in [1.165, 1.54) is 0 Å². The van der Waals surface area contributed by atoms with Crippen LogP contribution in [0.25, 0.3) is 0 Å². The highest BCUT2D eigenvalue weighted by Crippen LogP contribution is 2.16. The second-order valence-electron chi connectivity index (χ2n) is 4.23. The Morgan fingerprint density at radius 2 is 2.19 bits per heavy atom. The van der Waals surface area contributed by atoms with Crippen LogP contribution in [0, 0.1) is 0 Å². The largest absolute Gasteiger partial charge is 0.460 e. The molecule has 2 rings (SSSR count). The number of hydrogen-bond donors (Lipinski definition) is 0. The Balaban J connectivity index is 1.84. The van der Waals surface area contributed by atoms with Crippen molar-refractivity contribution < 1.29 is 9.53 Å². The third-order valence-electron chi connectivity index (χ3n) is 3.02. The van der Waals surface area contributed by atoms with Crippen molar-refractivity contribution in [1.82, 2.24) is 4.90 Å². The van der Waals surface area contributed by atoms with Crippen molar-refractivity contribution >= 4 is 5.97 Å². The Kier molecular flexibility index (Phi) is 3.57. The van der Waals surface area contributed by atoms with Crippen LogP contribution in [0.1, 0.15) is 18.4 Å². The summed E-state index contributed by atoms with van der Waals surface area (Å²) in [5, 5.41) is 0. The average molecular weight is 219 g/mol. The maximum Gasteiger partial charge on any atom is 0.323 e. The lowest BCUT2D eigenvalue weighted by Crippen LogP contribution is -2.34. The molecule has 0 N–H and O–H groups in total. The van der Waals surface area contributed by atoms with Gasteiger partial charge in [0.25, 0.3) is 0 Å². The number of ether oxygens (including phenoxy) is 1. The molecule has 0 saturated carbocycles. The molecule has 1 aliphatic rings. The van der Waals surface area contributed by atoms with Gasteiger partial charge in [-0.15, -0.1) is 0 Å². The molecule has 0 spiro atoms. The molecule has 3 nitrogen and oxygen atoms in total. The third-order valence-corrected chi connectivity index (χ3v) is 3.02. The summed E-state index contributed by atoms with van der Waals surface area (Å²) >= 11 is 0. The second-order valence-corrected chi connectivity index (χ2v) is 4.23. The number of nitrogens with zero attached hydrogens (tertiary/aromatic N) is 1. The van der Waals surface area contributed by atoms with Gasteiger partial charge in [-0.05, 0) is 32.0 Å². The van der Waals surface area contributed by atoms with E-state index in [9.17, 15) is 4.79 Å². The van der Waals surface area contributed by atoms with Crippen molar-refractivity contribution in [3.05, 3.63) is 35.9 Å². The van der Waals surface area contributed by atoms with E-state index in [0.717, 1.165) is 24.9 Å². The lowest BCUT2D eigenvalue weighted by Gasteiger charge is -2.17. The Labute approximate surface area is 96.0 Å². The number of benzene rings is 1. The van der Waals surface area contributed by atoms with Gasteiger partial charge in [0, 0.05) is 0 Å². The van der Waals surface area contributed by atoms with Crippen LogP contribution in [0.2, 0.25) is 0 Å². The predicted molar refractivity (Wildman–Crippen MR) is 61.9 cm³/mol. The highest BCUT2D eigenvalue weighted by atomic mass is 16.5. The van der Waals surface area contributed by atoms with Crippen LogP contribution in [0.15, 0.2) is 30.3 Å². The number of rotatable bonds is 3. The standard InChI is InChI=1S/C13H17NO2/c1-14-9-5-8-12(14)13(15)16-10-11-6-3-2-4-7-11/h2-4,6-7,12H,5,8-10H2,1H3. The maximum atomic E-state index is 11.8. The van der Waals surface area contributed by atoms with E-state index in [2.05, 4.69) is 4.90 Å². The first-order valence-electron chi connectivity index (χ1n) is 5.68. The monoisotopic (exact) mass is 219 g/mol. The summed E-state index contributed by atoms with van der Waals surface area (Å²) in [7, 11) is 1.97. The SMILES string of the molecule is CN1CCCC1C(=O)OCc1ccccc1. The summed E-state index contributed by atoms with van der Waals surface area (Å²) in [6.07, 6.45) is 2.01. The fourth-order valence-corrected chi connectivity index (χ4v) is 2.03. The molecule has 86 valence electrons. The summed E-state index contributed by atoms with van der Waals surface area (Å²) in [5.74, 6) is -0.0937. The van der Waals surface area contributed by atoms with Gasteiger partial charge in [-0.25, -0.2) is 0 Å². The lowest BCUT2D eigenvalue weighted by molar-refractivity contribution is -0.149. The normalized spacial score (nSPS) is 20.9. The summed E-state index contributed by atoms with van der Waals surface area (Å²) < 4.78 is 5.30. The van der Waals surface area contributed by atoms with Crippen molar-refractivity contribution in [2.75, 3.05) is 13.6 Å². The van der Waals surface area contributed by atoms with Crippen molar-refractivity contribution in [3.63, 3.8) is 0 Å². The van der Waals surface area contributed by atoms with Crippen molar-refractivity contribution in [1.29, 1.82) is 0 Å². The molecule has 0 radical (unpaired) electrons. The minimum atomic E-state index is -0.0937. The number of hydrogen-bond acceptors (Lipinski definition) is 3. The molecule has 0 amide bonds. The molecule has 1 heterocycles. The van der Waals surface area contributed by atoms with E-state index >= 15 is 0 Å². The Bertz CT molecular complexity index is 350. The summed E-state index contributed by atoms with van der Waals surface area (Å²) in [4.78, 5) is 13.8. The second kappa shape index (κ2) is 5.12. The van der Waals surface area contributed by atoms with Crippen LogP contribution in [0.4, 0.5) is 0 Å². The molecule has 16 heavy (non-hydrogen) atoms. The molecule has 3 heteroatoms. The average Bonchev–Trinajstić information content (AvgIpc) is 2.74. The molecule has 1 unspecified atom stereocenters. The van der Waals surface area contributed by atoms with Gasteiger partial charge < -0.3 is 4.74 Å². The van der Waals surface area contributed by atoms with Gasteiger partial charge in [0.05, 0.1) is 0 Å². The Morgan fingerprint density at radius 1 is 1.44 bits per heavy atom. The topological polar surface area (TPSA) is 29.5 Å². The molecule has 1 fully saturated rings. The summed E-state index contributed by atoms with van der Waals surface area (Å²) in [6, 6.07) is 9.74. The number of carbonyl (C=O) groups is 1. The lowest BCUT2D eigenvalue weighted by atomic mass is 10.2. The van der Waals surface area contributed by atoms with Crippen LogP contribution in [0.3, 0.4) is 0 Å². The van der Waals surface area contributed by atoms with E-state index in [-0.39, 0.29) is 12.0 Å². The zero-order chi connectivity index (χ0) is 11.4.